The predicted octanol–water partition coefficient (Wildman–Crippen LogP) is 1.38. The minimum absolute atomic E-state index is 0.338. The Morgan fingerprint density at radius 2 is 1.94 bits per heavy atom. The third-order valence-corrected chi connectivity index (χ3v) is 4.96. The summed E-state index contributed by atoms with van der Waals surface area (Å²) in [7, 11) is 2.11. The SMILES string of the molecule is CNC1CC2CCC(C1)N2C1(C)CCOC1. The Labute approximate surface area is 98.5 Å². The third-order valence-electron chi connectivity index (χ3n) is 4.96. The van der Waals surface area contributed by atoms with Gasteiger partial charge in [0.05, 0.1) is 6.61 Å². The molecule has 16 heavy (non-hydrogen) atoms. The Bertz CT molecular complexity index is 249. The van der Waals surface area contributed by atoms with Crippen molar-refractivity contribution in [2.45, 2.75) is 62.7 Å². The molecule has 3 rings (SSSR count). The highest BCUT2D eigenvalue weighted by molar-refractivity contribution is 5.05. The molecule has 0 saturated carbocycles. The van der Waals surface area contributed by atoms with Crippen molar-refractivity contribution in [2.24, 2.45) is 0 Å². The van der Waals surface area contributed by atoms with Gasteiger partial charge in [-0.25, -0.2) is 0 Å². The van der Waals surface area contributed by atoms with E-state index in [0.717, 1.165) is 31.3 Å². The van der Waals surface area contributed by atoms with Crippen LogP contribution in [0.3, 0.4) is 0 Å². The standard InChI is InChI=1S/C13H24N2O/c1-13(5-6-16-9-13)15-11-3-4-12(15)8-10(7-11)14-2/h10-12,14H,3-9H2,1-2H3. The molecule has 1 N–H and O–H groups in total. The molecule has 3 aliphatic rings. The summed E-state index contributed by atoms with van der Waals surface area (Å²) in [5.74, 6) is 0. The summed E-state index contributed by atoms with van der Waals surface area (Å²) in [6.45, 7) is 4.32. The molecule has 0 aromatic rings. The fourth-order valence-electron chi connectivity index (χ4n) is 4.15. The van der Waals surface area contributed by atoms with Crippen molar-refractivity contribution in [1.82, 2.24) is 10.2 Å². The van der Waals surface area contributed by atoms with Gasteiger partial charge < -0.3 is 10.1 Å². The number of fused-ring (bicyclic) bond motifs is 2. The van der Waals surface area contributed by atoms with Gasteiger partial charge in [0.15, 0.2) is 0 Å². The van der Waals surface area contributed by atoms with Crippen LogP contribution in [0.4, 0.5) is 0 Å². The van der Waals surface area contributed by atoms with Gasteiger partial charge in [0.1, 0.15) is 0 Å². The second-order valence-corrected chi connectivity index (χ2v) is 6.05. The topological polar surface area (TPSA) is 24.5 Å². The van der Waals surface area contributed by atoms with Crippen LogP contribution in [0, 0.1) is 0 Å². The lowest BCUT2D eigenvalue weighted by Gasteiger charge is -2.47. The van der Waals surface area contributed by atoms with E-state index in [0.29, 0.717) is 5.54 Å². The second kappa shape index (κ2) is 3.97. The summed E-state index contributed by atoms with van der Waals surface area (Å²) in [5, 5.41) is 3.47. The van der Waals surface area contributed by atoms with Crippen molar-refractivity contribution in [2.75, 3.05) is 20.3 Å². The molecule has 0 amide bonds. The normalized spacial score (nSPS) is 48.8. The molecule has 3 aliphatic heterocycles. The maximum Gasteiger partial charge on any atom is 0.0648 e. The first kappa shape index (κ1) is 11.0. The molecule has 3 heteroatoms. The Balaban J connectivity index is 1.78. The molecule has 3 saturated heterocycles. The summed E-state index contributed by atoms with van der Waals surface area (Å²) in [4.78, 5) is 2.81. The van der Waals surface area contributed by atoms with E-state index in [4.69, 9.17) is 4.74 Å². The number of hydrogen-bond acceptors (Lipinski definition) is 3. The summed E-state index contributed by atoms with van der Waals surface area (Å²) in [6, 6.07) is 2.37. The van der Waals surface area contributed by atoms with Crippen LogP contribution in [0.5, 0.6) is 0 Å². The first-order valence-corrected chi connectivity index (χ1v) is 6.76. The van der Waals surface area contributed by atoms with Gasteiger partial charge in [-0.05, 0) is 46.1 Å². The molecular weight excluding hydrogens is 200 g/mol. The quantitative estimate of drug-likeness (QED) is 0.767. The van der Waals surface area contributed by atoms with E-state index >= 15 is 0 Å². The van der Waals surface area contributed by atoms with E-state index in [1.807, 2.05) is 0 Å². The molecule has 0 aromatic carbocycles. The van der Waals surface area contributed by atoms with Crippen molar-refractivity contribution in [1.29, 1.82) is 0 Å². The van der Waals surface area contributed by atoms with Crippen LogP contribution in [-0.2, 0) is 4.74 Å². The Morgan fingerprint density at radius 3 is 2.44 bits per heavy atom. The van der Waals surface area contributed by atoms with Crippen LogP contribution in [0.1, 0.15) is 39.0 Å². The van der Waals surface area contributed by atoms with Gasteiger partial charge in [-0.2, -0.15) is 0 Å². The highest BCUT2D eigenvalue weighted by Crippen LogP contribution is 2.43. The second-order valence-electron chi connectivity index (χ2n) is 6.05. The first-order chi connectivity index (χ1) is 7.73. The van der Waals surface area contributed by atoms with Gasteiger partial charge in [0.25, 0.3) is 0 Å². The average molecular weight is 224 g/mol. The molecule has 3 fully saturated rings. The minimum atomic E-state index is 0.338. The van der Waals surface area contributed by atoms with Crippen LogP contribution >= 0.6 is 0 Å². The van der Waals surface area contributed by atoms with Crippen molar-refractivity contribution in [3.63, 3.8) is 0 Å². The van der Waals surface area contributed by atoms with Crippen LogP contribution in [0.25, 0.3) is 0 Å². The van der Waals surface area contributed by atoms with E-state index in [1.165, 1.54) is 32.1 Å². The first-order valence-electron chi connectivity index (χ1n) is 6.76. The number of hydrogen-bond donors (Lipinski definition) is 1. The van der Waals surface area contributed by atoms with E-state index in [1.54, 1.807) is 0 Å². The van der Waals surface area contributed by atoms with E-state index in [9.17, 15) is 0 Å². The zero-order chi connectivity index (χ0) is 11.2. The number of piperidine rings is 1. The molecule has 0 aliphatic carbocycles. The van der Waals surface area contributed by atoms with E-state index in [2.05, 4.69) is 24.2 Å². The van der Waals surface area contributed by atoms with Crippen molar-refractivity contribution in [3.8, 4) is 0 Å². The van der Waals surface area contributed by atoms with Gasteiger partial charge >= 0.3 is 0 Å². The smallest absolute Gasteiger partial charge is 0.0648 e. The van der Waals surface area contributed by atoms with E-state index < -0.39 is 0 Å². The molecule has 3 unspecified atom stereocenters. The lowest BCUT2D eigenvalue weighted by atomic mass is 9.89. The Hall–Kier alpha value is -0.120. The molecule has 0 spiro atoms. The fraction of sp³-hybridized carbons (Fsp3) is 1.00. The zero-order valence-electron chi connectivity index (χ0n) is 10.5. The minimum Gasteiger partial charge on any atom is -0.379 e. The lowest BCUT2D eigenvalue weighted by Crippen LogP contribution is -2.58. The Kier molecular flexibility index (Phi) is 2.73. The molecule has 92 valence electrons. The average Bonchev–Trinajstić information content (AvgIpc) is 2.82. The maximum atomic E-state index is 5.63. The zero-order valence-corrected chi connectivity index (χ0v) is 10.5. The summed E-state index contributed by atoms with van der Waals surface area (Å²) < 4.78 is 5.63. The molecular formula is C13H24N2O. The molecule has 2 bridgehead atoms. The number of nitrogens with one attached hydrogen (secondary N) is 1. The van der Waals surface area contributed by atoms with Gasteiger partial charge in [0.2, 0.25) is 0 Å². The van der Waals surface area contributed by atoms with Crippen LogP contribution < -0.4 is 5.32 Å². The largest absolute Gasteiger partial charge is 0.379 e. The molecule has 3 heterocycles. The van der Waals surface area contributed by atoms with Crippen LogP contribution in [0.15, 0.2) is 0 Å². The third kappa shape index (κ3) is 1.60. The summed E-state index contributed by atoms with van der Waals surface area (Å²) in [6.07, 6.45) is 6.70. The monoisotopic (exact) mass is 224 g/mol. The van der Waals surface area contributed by atoms with Crippen molar-refractivity contribution >= 4 is 0 Å². The molecule has 0 aromatic heterocycles. The van der Waals surface area contributed by atoms with Crippen LogP contribution in [-0.4, -0.2) is 48.8 Å². The van der Waals surface area contributed by atoms with Gasteiger partial charge in [-0.3, -0.25) is 4.90 Å². The highest BCUT2D eigenvalue weighted by Gasteiger charge is 2.49. The maximum absolute atomic E-state index is 5.63. The number of ether oxygens (including phenoxy) is 1. The fourth-order valence-corrected chi connectivity index (χ4v) is 4.15. The van der Waals surface area contributed by atoms with Crippen molar-refractivity contribution in [3.05, 3.63) is 0 Å². The van der Waals surface area contributed by atoms with Gasteiger partial charge in [0, 0.05) is 30.3 Å². The summed E-state index contributed by atoms with van der Waals surface area (Å²) >= 11 is 0. The predicted molar refractivity (Wildman–Crippen MR) is 64.6 cm³/mol. The van der Waals surface area contributed by atoms with Crippen LogP contribution in [0.2, 0.25) is 0 Å². The number of rotatable bonds is 2. The van der Waals surface area contributed by atoms with Gasteiger partial charge in [-0.1, -0.05) is 0 Å². The Morgan fingerprint density at radius 1 is 1.25 bits per heavy atom. The molecule has 3 nitrogen and oxygen atoms in total. The van der Waals surface area contributed by atoms with Gasteiger partial charge in [-0.15, -0.1) is 0 Å². The highest BCUT2D eigenvalue weighted by atomic mass is 16.5. The lowest BCUT2D eigenvalue weighted by molar-refractivity contribution is 0.00438. The number of nitrogens with zero attached hydrogens (tertiary/aromatic N) is 1. The molecule has 3 atom stereocenters. The van der Waals surface area contributed by atoms with Crippen molar-refractivity contribution < 1.29 is 4.74 Å². The summed E-state index contributed by atoms with van der Waals surface area (Å²) in [5.41, 5.74) is 0.338. The van der Waals surface area contributed by atoms with E-state index in [-0.39, 0.29) is 0 Å². The molecule has 0 radical (unpaired) electrons.